The Labute approximate surface area is 143 Å². The van der Waals surface area contributed by atoms with Crippen molar-refractivity contribution >= 4 is 15.9 Å². The van der Waals surface area contributed by atoms with E-state index in [1.807, 2.05) is 6.92 Å². The Morgan fingerprint density at radius 3 is 2.62 bits per heavy atom. The lowest BCUT2D eigenvalue weighted by atomic mass is 10.1. The van der Waals surface area contributed by atoms with Crippen LogP contribution in [0.2, 0.25) is 0 Å². The van der Waals surface area contributed by atoms with Crippen LogP contribution in [0.1, 0.15) is 31.7 Å². The average molecular weight is 356 g/mol. The van der Waals surface area contributed by atoms with Crippen LogP contribution in [-0.2, 0) is 21.2 Å². The van der Waals surface area contributed by atoms with Crippen LogP contribution in [0.3, 0.4) is 0 Å². The fourth-order valence-corrected chi connectivity index (χ4v) is 4.45. The zero-order chi connectivity index (χ0) is 17.6. The van der Waals surface area contributed by atoms with E-state index in [2.05, 4.69) is 0 Å². The van der Waals surface area contributed by atoms with Gasteiger partial charge in [0.05, 0.1) is 5.75 Å². The Hall–Kier alpha value is -1.47. The molecule has 0 bridgehead atoms. The number of sulfonamides is 1. The largest absolute Gasteiger partial charge is 0.341 e. The minimum Gasteiger partial charge on any atom is -0.341 e. The van der Waals surface area contributed by atoms with Gasteiger partial charge in [-0.05, 0) is 30.9 Å². The lowest BCUT2D eigenvalue weighted by molar-refractivity contribution is -0.131. The number of hydrogen-bond acceptors (Lipinski definition) is 3. The van der Waals surface area contributed by atoms with Crippen LogP contribution in [0.25, 0.3) is 0 Å². The van der Waals surface area contributed by atoms with Crippen molar-refractivity contribution in [1.82, 2.24) is 9.21 Å². The summed E-state index contributed by atoms with van der Waals surface area (Å²) < 4.78 is 39.4. The number of nitrogens with zero attached hydrogens (tertiary/aromatic N) is 2. The number of carbonyl (C=O) groups excluding carboxylic acids is 1. The first-order valence-corrected chi connectivity index (χ1v) is 10.0. The average Bonchev–Trinajstić information content (AvgIpc) is 2.80. The third kappa shape index (κ3) is 5.01. The number of aryl methyl sites for hydroxylation is 1. The van der Waals surface area contributed by atoms with Gasteiger partial charge in [0.2, 0.25) is 15.9 Å². The van der Waals surface area contributed by atoms with E-state index in [4.69, 9.17) is 0 Å². The summed E-state index contributed by atoms with van der Waals surface area (Å²) in [5, 5.41) is 0. The first-order valence-electron chi connectivity index (χ1n) is 8.43. The summed E-state index contributed by atoms with van der Waals surface area (Å²) in [4.78, 5) is 14.0. The molecule has 0 spiro atoms. The van der Waals surface area contributed by atoms with Gasteiger partial charge in [0, 0.05) is 32.6 Å². The molecular formula is C17H25FN2O3S. The van der Waals surface area contributed by atoms with Gasteiger partial charge < -0.3 is 4.90 Å². The molecule has 5 nitrogen and oxygen atoms in total. The summed E-state index contributed by atoms with van der Waals surface area (Å²) in [6.45, 7) is 3.59. The molecule has 1 aromatic carbocycles. The standard InChI is InChI=1S/C17H25FN2O3S/c1-2-14-24(22,23)20-11-5-10-19(12-13-20)17(21)9-8-15-6-3-4-7-16(15)18/h3-4,6-7H,2,5,8-14H2,1H3. The molecule has 1 aliphatic rings. The number of hydrogen-bond donors (Lipinski definition) is 0. The van der Waals surface area contributed by atoms with Gasteiger partial charge in [-0.3, -0.25) is 4.79 Å². The molecule has 1 amide bonds. The predicted molar refractivity (Wildman–Crippen MR) is 91.6 cm³/mol. The van der Waals surface area contributed by atoms with Crippen LogP contribution in [0, 0.1) is 5.82 Å². The molecule has 24 heavy (non-hydrogen) atoms. The number of carbonyl (C=O) groups is 1. The van der Waals surface area contributed by atoms with Crippen molar-refractivity contribution in [2.75, 3.05) is 31.9 Å². The van der Waals surface area contributed by atoms with E-state index in [-0.39, 0.29) is 23.9 Å². The summed E-state index contributed by atoms with van der Waals surface area (Å²) >= 11 is 0. The fraction of sp³-hybridized carbons (Fsp3) is 0.588. The van der Waals surface area contributed by atoms with Gasteiger partial charge >= 0.3 is 0 Å². The summed E-state index contributed by atoms with van der Waals surface area (Å²) in [6.07, 6.45) is 1.82. The van der Waals surface area contributed by atoms with Crippen LogP contribution in [0.15, 0.2) is 24.3 Å². The minimum atomic E-state index is -3.22. The summed E-state index contributed by atoms with van der Waals surface area (Å²) in [6, 6.07) is 6.46. The molecule has 134 valence electrons. The molecule has 2 rings (SSSR count). The maximum absolute atomic E-state index is 13.6. The first kappa shape index (κ1) is 18.9. The van der Waals surface area contributed by atoms with E-state index < -0.39 is 10.0 Å². The molecule has 0 atom stereocenters. The van der Waals surface area contributed by atoms with Crippen LogP contribution < -0.4 is 0 Å². The minimum absolute atomic E-state index is 0.0482. The molecule has 1 aromatic rings. The Bertz CT molecular complexity index is 664. The molecule has 0 aromatic heterocycles. The highest BCUT2D eigenvalue weighted by molar-refractivity contribution is 7.89. The quantitative estimate of drug-likeness (QED) is 0.784. The Morgan fingerprint density at radius 1 is 1.17 bits per heavy atom. The molecule has 0 N–H and O–H groups in total. The van der Waals surface area contributed by atoms with Gasteiger partial charge in [-0.2, -0.15) is 0 Å². The van der Waals surface area contributed by atoms with Crippen LogP contribution >= 0.6 is 0 Å². The Kier molecular flexibility index (Phi) is 6.74. The lowest BCUT2D eigenvalue weighted by Gasteiger charge is -2.22. The maximum atomic E-state index is 13.6. The van der Waals surface area contributed by atoms with Crippen LogP contribution in [0.5, 0.6) is 0 Å². The molecule has 1 saturated heterocycles. The van der Waals surface area contributed by atoms with Gasteiger partial charge in [-0.1, -0.05) is 25.1 Å². The summed E-state index contributed by atoms with van der Waals surface area (Å²) in [5.41, 5.74) is 0.535. The van der Waals surface area contributed by atoms with Gasteiger partial charge in [-0.25, -0.2) is 17.1 Å². The molecule has 1 heterocycles. The van der Waals surface area contributed by atoms with Crippen molar-refractivity contribution in [3.05, 3.63) is 35.6 Å². The molecule has 0 radical (unpaired) electrons. The number of benzene rings is 1. The van der Waals surface area contributed by atoms with E-state index in [0.717, 1.165) is 0 Å². The highest BCUT2D eigenvalue weighted by atomic mass is 32.2. The second-order valence-corrected chi connectivity index (χ2v) is 8.13. The maximum Gasteiger partial charge on any atom is 0.222 e. The summed E-state index contributed by atoms with van der Waals surface area (Å²) in [7, 11) is -3.22. The van der Waals surface area contributed by atoms with Gasteiger partial charge in [0.15, 0.2) is 0 Å². The van der Waals surface area contributed by atoms with Crippen LogP contribution in [0.4, 0.5) is 4.39 Å². The normalized spacial score (nSPS) is 16.8. The van der Waals surface area contributed by atoms with E-state index in [1.54, 1.807) is 23.1 Å². The zero-order valence-corrected chi connectivity index (χ0v) is 14.9. The second-order valence-electron chi connectivity index (χ2n) is 6.04. The molecule has 1 fully saturated rings. The molecule has 7 heteroatoms. The monoisotopic (exact) mass is 356 g/mol. The number of rotatable bonds is 6. The van der Waals surface area contributed by atoms with Crippen molar-refractivity contribution < 1.29 is 17.6 Å². The van der Waals surface area contributed by atoms with Gasteiger partial charge in [0.1, 0.15) is 5.82 Å². The van der Waals surface area contributed by atoms with E-state index >= 15 is 0 Å². The van der Waals surface area contributed by atoms with E-state index in [1.165, 1.54) is 10.4 Å². The van der Waals surface area contributed by atoms with Gasteiger partial charge in [0.25, 0.3) is 0 Å². The predicted octanol–water partition coefficient (Wildman–Crippen LogP) is 2.03. The van der Waals surface area contributed by atoms with Crippen molar-refractivity contribution in [2.45, 2.75) is 32.6 Å². The Balaban J connectivity index is 1.89. The smallest absolute Gasteiger partial charge is 0.222 e. The molecule has 0 aliphatic carbocycles. The lowest BCUT2D eigenvalue weighted by Crippen LogP contribution is -2.38. The van der Waals surface area contributed by atoms with Crippen molar-refractivity contribution in [2.24, 2.45) is 0 Å². The third-order valence-corrected chi connectivity index (χ3v) is 6.31. The third-order valence-electron chi connectivity index (χ3n) is 4.23. The molecule has 0 unspecified atom stereocenters. The first-order chi connectivity index (χ1) is 11.4. The zero-order valence-electron chi connectivity index (χ0n) is 14.1. The second kappa shape index (κ2) is 8.58. The number of amides is 1. The van der Waals surface area contributed by atoms with E-state index in [0.29, 0.717) is 51.0 Å². The van der Waals surface area contributed by atoms with Crippen LogP contribution in [-0.4, -0.2) is 55.5 Å². The molecule has 0 saturated carbocycles. The number of halogens is 1. The highest BCUT2D eigenvalue weighted by Gasteiger charge is 2.25. The van der Waals surface area contributed by atoms with Gasteiger partial charge in [-0.15, -0.1) is 0 Å². The van der Waals surface area contributed by atoms with E-state index in [9.17, 15) is 17.6 Å². The van der Waals surface area contributed by atoms with Crippen molar-refractivity contribution in [3.63, 3.8) is 0 Å². The fourth-order valence-electron chi connectivity index (χ4n) is 2.91. The topological polar surface area (TPSA) is 57.7 Å². The molecule has 1 aliphatic heterocycles. The SMILES string of the molecule is CCCS(=O)(=O)N1CCCN(C(=O)CCc2ccccc2F)CC1. The summed E-state index contributed by atoms with van der Waals surface area (Å²) in [5.74, 6) is -0.195. The Morgan fingerprint density at radius 2 is 1.92 bits per heavy atom. The highest BCUT2D eigenvalue weighted by Crippen LogP contribution is 2.13. The molecular weight excluding hydrogens is 331 g/mol. The van der Waals surface area contributed by atoms with Crippen molar-refractivity contribution in [1.29, 1.82) is 0 Å². The van der Waals surface area contributed by atoms with Crippen molar-refractivity contribution in [3.8, 4) is 0 Å².